The van der Waals surface area contributed by atoms with Gasteiger partial charge in [0, 0.05) is 16.7 Å². The number of carboxylic acid groups (broad SMARTS) is 1. The molecular formula is C13H7ClF2O2. The lowest BCUT2D eigenvalue weighted by Gasteiger charge is -2.06. The minimum Gasteiger partial charge on any atom is -0.478 e. The maximum atomic E-state index is 13.1. The maximum absolute atomic E-state index is 13.1. The molecule has 2 nitrogen and oxygen atoms in total. The predicted octanol–water partition coefficient (Wildman–Crippen LogP) is 3.98. The van der Waals surface area contributed by atoms with Crippen molar-refractivity contribution in [2.24, 2.45) is 0 Å². The van der Waals surface area contributed by atoms with Gasteiger partial charge in [-0.2, -0.15) is 0 Å². The SMILES string of the molecule is O=C(O)c1ccc(-c2cc(F)cc(F)c2)c(Cl)c1. The van der Waals surface area contributed by atoms with E-state index in [1.165, 1.54) is 18.2 Å². The molecule has 0 aliphatic carbocycles. The summed E-state index contributed by atoms with van der Waals surface area (Å²) in [7, 11) is 0. The lowest BCUT2D eigenvalue weighted by atomic mass is 10.0. The molecule has 0 saturated carbocycles. The van der Waals surface area contributed by atoms with Crippen LogP contribution in [-0.2, 0) is 0 Å². The number of rotatable bonds is 2. The van der Waals surface area contributed by atoms with Gasteiger partial charge in [-0.25, -0.2) is 13.6 Å². The van der Waals surface area contributed by atoms with E-state index in [1.54, 1.807) is 0 Å². The summed E-state index contributed by atoms with van der Waals surface area (Å²) in [6, 6.07) is 6.99. The lowest BCUT2D eigenvalue weighted by Crippen LogP contribution is -1.96. The van der Waals surface area contributed by atoms with E-state index >= 15 is 0 Å². The van der Waals surface area contributed by atoms with Gasteiger partial charge in [0.25, 0.3) is 0 Å². The molecular weight excluding hydrogens is 262 g/mol. The van der Waals surface area contributed by atoms with E-state index in [4.69, 9.17) is 16.7 Å². The first-order valence-corrected chi connectivity index (χ1v) is 5.34. The van der Waals surface area contributed by atoms with E-state index in [2.05, 4.69) is 0 Å². The maximum Gasteiger partial charge on any atom is 0.335 e. The molecule has 92 valence electrons. The Morgan fingerprint density at radius 2 is 1.67 bits per heavy atom. The number of hydrogen-bond donors (Lipinski definition) is 1. The van der Waals surface area contributed by atoms with Crippen LogP contribution in [0.5, 0.6) is 0 Å². The molecule has 1 N–H and O–H groups in total. The van der Waals surface area contributed by atoms with Gasteiger partial charge >= 0.3 is 5.97 Å². The minimum atomic E-state index is -1.12. The third-order valence-electron chi connectivity index (χ3n) is 2.39. The largest absolute Gasteiger partial charge is 0.478 e. The Bertz CT molecular complexity index is 606. The topological polar surface area (TPSA) is 37.3 Å². The van der Waals surface area contributed by atoms with Gasteiger partial charge in [0.15, 0.2) is 0 Å². The quantitative estimate of drug-likeness (QED) is 0.894. The van der Waals surface area contributed by atoms with Gasteiger partial charge in [0.1, 0.15) is 11.6 Å². The van der Waals surface area contributed by atoms with E-state index in [0.29, 0.717) is 5.56 Å². The third-order valence-corrected chi connectivity index (χ3v) is 2.70. The number of hydrogen-bond acceptors (Lipinski definition) is 1. The summed E-state index contributed by atoms with van der Waals surface area (Å²) in [5, 5.41) is 8.91. The highest BCUT2D eigenvalue weighted by Crippen LogP contribution is 2.29. The van der Waals surface area contributed by atoms with Crippen molar-refractivity contribution in [3.63, 3.8) is 0 Å². The average molecular weight is 269 g/mol. The monoisotopic (exact) mass is 268 g/mol. The van der Waals surface area contributed by atoms with Crippen LogP contribution in [0.3, 0.4) is 0 Å². The molecule has 0 bridgehead atoms. The van der Waals surface area contributed by atoms with Crippen molar-refractivity contribution in [2.45, 2.75) is 0 Å². The summed E-state index contributed by atoms with van der Waals surface area (Å²) in [5.41, 5.74) is 0.648. The van der Waals surface area contributed by atoms with Gasteiger partial charge in [-0.15, -0.1) is 0 Å². The van der Waals surface area contributed by atoms with Gasteiger partial charge in [0.05, 0.1) is 5.56 Å². The summed E-state index contributed by atoms with van der Waals surface area (Å²) in [4.78, 5) is 10.7. The summed E-state index contributed by atoms with van der Waals surface area (Å²) < 4.78 is 26.2. The molecule has 0 spiro atoms. The smallest absolute Gasteiger partial charge is 0.335 e. The van der Waals surface area contributed by atoms with Crippen molar-refractivity contribution in [1.82, 2.24) is 0 Å². The highest BCUT2D eigenvalue weighted by molar-refractivity contribution is 6.33. The molecule has 5 heteroatoms. The summed E-state index contributed by atoms with van der Waals surface area (Å²) >= 11 is 5.90. The van der Waals surface area contributed by atoms with Crippen molar-refractivity contribution in [3.05, 3.63) is 58.6 Å². The van der Waals surface area contributed by atoms with Gasteiger partial charge in [0.2, 0.25) is 0 Å². The Morgan fingerprint density at radius 1 is 1.06 bits per heavy atom. The van der Waals surface area contributed by atoms with Crippen LogP contribution in [0.4, 0.5) is 8.78 Å². The Hall–Kier alpha value is -1.94. The van der Waals surface area contributed by atoms with E-state index < -0.39 is 17.6 Å². The molecule has 2 aromatic rings. The van der Waals surface area contributed by atoms with Crippen LogP contribution in [-0.4, -0.2) is 11.1 Å². The Morgan fingerprint density at radius 3 is 2.17 bits per heavy atom. The molecule has 0 heterocycles. The van der Waals surface area contributed by atoms with Crippen LogP contribution in [0.25, 0.3) is 11.1 Å². The third kappa shape index (κ3) is 2.49. The molecule has 0 unspecified atom stereocenters. The highest BCUT2D eigenvalue weighted by Gasteiger charge is 2.10. The summed E-state index contributed by atoms with van der Waals surface area (Å²) in [5.74, 6) is -2.55. The van der Waals surface area contributed by atoms with Gasteiger partial charge in [-0.05, 0) is 29.8 Å². The van der Waals surface area contributed by atoms with Crippen molar-refractivity contribution >= 4 is 17.6 Å². The van der Waals surface area contributed by atoms with Crippen LogP contribution in [0.15, 0.2) is 36.4 Å². The van der Waals surface area contributed by atoms with E-state index in [0.717, 1.165) is 18.2 Å². The standard InChI is InChI=1S/C13H7ClF2O2/c14-12-5-7(13(17)18)1-2-11(12)8-3-9(15)6-10(16)4-8/h1-6H,(H,17,18). The molecule has 2 aromatic carbocycles. The second kappa shape index (κ2) is 4.74. The number of carboxylic acids is 1. The first kappa shape index (κ1) is 12.5. The van der Waals surface area contributed by atoms with E-state index in [1.807, 2.05) is 0 Å². The van der Waals surface area contributed by atoms with Crippen molar-refractivity contribution in [2.75, 3.05) is 0 Å². The molecule has 18 heavy (non-hydrogen) atoms. The lowest BCUT2D eigenvalue weighted by molar-refractivity contribution is 0.0697. The first-order valence-electron chi connectivity index (χ1n) is 4.96. The normalized spacial score (nSPS) is 10.4. The zero-order chi connectivity index (χ0) is 13.3. The Kier molecular flexibility index (Phi) is 3.30. The van der Waals surface area contributed by atoms with Gasteiger partial charge in [-0.1, -0.05) is 17.7 Å². The van der Waals surface area contributed by atoms with Crippen LogP contribution in [0.2, 0.25) is 5.02 Å². The van der Waals surface area contributed by atoms with Crippen LogP contribution in [0, 0.1) is 11.6 Å². The summed E-state index contributed by atoms with van der Waals surface area (Å²) in [6.45, 7) is 0. The minimum absolute atomic E-state index is 0.0145. The van der Waals surface area contributed by atoms with E-state index in [9.17, 15) is 13.6 Å². The van der Waals surface area contributed by atoms with Crippen LogP contribution >= 0.6 is 11.6 Å². The fourth-order valence-electron chi connectivity index (χ4n) is 1.59. The van der Waals surface area contributed by atoms with Crippen molar-refractivity contribution in [3.8, 4) is 11.1 Å². The molecule has 0 atom stereocenters. The second-order valence-corrected chi connectivity index (χ2v) is 4.07. The second-order valence-electron chi connectivity index (χ2n) is 3.66. The van der Waals surface area contributed by atoms with Crippen LogP contribution in [0.1, 0.15) is 10.4 Å². The van der Waals surface area contributed by atoms with Gasteiger partial charge < -0.3 is 5.11 Å². The number of aromatic carboxylic acids is 1. The molecule has 0 radical (unpaired) electrons. The molecule has 2 rings (SSSR count). The highest BCUT2D eigenvalue weighted by atomic mass is 35.5. The molecule has 0 saturated heterocycles. The van der Waals surface area contributed by atoms with Crippen LogP contribution < -0.4 is 0 Å². The fraction of sp³-hybridized carbons (Fsp3) is 0. The fourth-order valence-corrected chi connectivity index (χ4v) is 1.88. The van der Waals surface area contributed by atoms with E-state index in [-0.39, 0.29) is 16.1 Å². The molecule has 0 aromatic heterocycles. The number of halogens is 3. The first-order chi connectivity index (χ1) is 8.47. The molecule has 0 aliphatic rings. The van der Waals surface area contributed by atoms with Crippen molar-refractivity contribution < 1.29 is 18.7 Å². The molecule has 0 aliphatic heterocycles. The van der Waals surface area contributed by atoms with Crippen molar-refractivity contribution in [1.29, 1.82) is 0 Å². The predicted molar refractivity (Wildman–Crippen MR) is 63.8 cm³/mol. The molecule has 0 amide bonds. The zero-order valence-corrected chi connectivity index (χ0v) is 9.71. The number of carbonyl (C=O) groups is 1. The summed E-state index contributed by atoms with van der Waals surface area (Å²) in [6.07, 6.45) is 0. The average Bonchev–Trinajstić information content (AvgIpc) is 2.27. The Labute approximate surface area is 106 Å². The molecule has 0 fully saturated rings. The zero-order valence-electron chi connectivity index (χ0n) is 8.95. The van der Waals surface area contributed by atoms with Gasteiger partial charge in [-0.3, -0.25) is 0 Å². The Balaban J connectivity index is 2.54. The number of benzene rings is 2.